The number of sulfonamides is 1. The zero-order chi connectivity index (χ0) is 20.6. The summed E-state index contributed by atoms with van der Waals surface area (Å²) in [6, 6.07) is 6.72. The Morgan fingerprint density at radius 3 is 2.57 bits per heavy atom. The van der Waals surface area contributed by atoms with Gasteiger partial charge in [-0.25, -0.2) is 8.42 Å². The highest BCUT2D eigenvalue weighted by Crippen LogP contribution is 2.22. The van der Waals surface area contributed by atoms with Crippen molar-refractivity contribution in [2.75, 3.05) is 63.4 Å². The zero-order valence-electron chi connectivity index (χ0n) is 16.7. The molecule has 1 saturated heterocycles. The van der Waals surface area contributed by atoms with Gasteiger partial charge in [0.25, 0.3) is 0 Å². The molecule has 1 N–H and O–H groups in total. The van der Waals surface area contributed by atoms with Gasteiger partial charge in [-0.3, -0.25) is 9.10 Å². The fourth-order valence-electron chi connectivity index (χ4n) is 3.19. The van der Waals surface area contributed by atoms with Crippen LogP contribution in [0, 0.1) is 0 Å². The highest BCUT2D eigenvalue weighted by atomic mass is 35.5. The van der Waals surface area contributed by atoms with Crippen molar-refractivity contribution in [3.05, 3.63) is 29.3 Å². The maximum Gasteiger partial charge on any atom is 0.232 e. The van der Waals surface area contributed by atoms with E-state index in [9.17, 15) is 13.2 Å². The van der Waals surface area contributed by atoms with Crippen molar-refractivity contribution in [3.63, 3.8) is 0 Å². The highest BCUT2D eigenvalue weighted by molar-refractivity contribution is 7.92. The SMILES string of the molecule is CN1CCN(CCCNC(=O)CCCN(c2cccc(Cl)c2)S(C)(=O)=O)CC1. The lowest BCUT2D eigenvalue weighted by molar-refractivity contribution is -0.121. The van der Waals surface area contributed by atoms with Crippen LogP contribution in [0.1, 0.15) is 19.3 Å². The number of rotatable bonds is 10. The Labute approximate surface area is 173 Å². The van der Waals surface area contributed by atoms with Crippen LogP contribution in [0.4, 0.5) is 5.69 Å². The second-order valence-corrected chi connectivity index (χ2v) is 9.61. The monoisotopic (exact) mass is 430 g/mol. The van der Waals surface area contributed by atoms with E-state index in [1.807, 2.05) is 0 Å². The fourth-order valence-corrected chi connectivity index (χ4v) is 4.33. The number of hydrogen-bond donors (Lipinski definition) is 1. The number of halogens is 1. The average Bonchev–Trinajstić information content (AvgIpc) is 2.63. The molecule has 28 heavy (non-hydrogen) atoms. The Balaban J connectivity index is 1.68. The number of amides is 1. The maximum atomic E-state index is 12.1. The molecule has 1 heterocycles. The van der Waals surface area contributed by atoms with Crippen LogP contribution in [-0.4, -0.2) is 83.2 Å². The normalized spacial score (nSPS) is 16.1. The molecule has 1 aliphatic heterocycles. The predicted octanol–water partition coefficient (Wildman–Crippen LogP) is 1.64. The van der Waals surface area contributed by atoms with E-state index in [4.69, 9.17) is 11.6 Å². The van der Waals surface area contributed by atoms with Gasteiger partial charge in [-0.1, -0.05) is 17.7 Å². The van der Waals surface area contributed by atoms with Crippen LogP contribution >= 0.6 is 11.6 Å². The molecule has 0 radical (unpaired) electrons. The summed E-state index contributed by atoms with van der Waals surface area (Å²) in [5, 5.41) is 3.40. The minimum Gasteiger partial charge on any atom is -0.356 e. The zero-order valence-corrected chi connectivity index (χ0v) is 18.3. The molecular formula is C19H31ClN4O3S. The number of carbonyl (C=O) groups is 1. The van der Waals surface area contributed by atoms with Crippen molar-refractivity contribution >= 4 is 33.2 Å². The molecule has 1 aromatic carbocycles. The summed E-state index contributed by atoms with van der Waals surface area (Å²) < 4.78 is 25.4. The number of nitrogens with one attached hydrogen (secondary N) is 1. The lowest BCUT2D eigenvalue weighted by Gasteiger charge is -2.32. The Morgan fingerprint density at radius 2 is 1.93 bits per heavy atom. The van der Waals surface area contributed by atoms with E-state index in [1.54, 1.807) is 24.3 Å². The molecule has 9 heteroatoms. The van der Waals surface area contributed by atoms with E-state index in [2.05, 4.69) is 22.2 Å². The first kappa shape index (κ1) is 22.9. The number of piperazine rings is 1. The number of benzene rings is 1. The summed E-state index contributed by atoms with van der Waals surface area (Å²) >= 11 is 5.97. The number of likely N-dealkylation sites (N-methyl/N-ethyl adjacent to an activating group) is 1. The molecule has 1 aromatic rings. The largest absolute Gasteiger partial charge is 0.356 e. The van der Waals surface area contributed by atoms with E-state index in [0.29, 0.717) is 30.1 Å². The maximum absolute atomic E-state index is 12.1. The molecule has 0 bridgehead atoms. The van der Waals surface area contributed by atoms with Crippen molar-refractivity contribution < 1.29 is 13.2 Å². The standard InChI is InChI=1S/C19H31ClN4O3S/c1-22-12-14-23(15-13-22)10-5-9-21-19(25)8-4-11-24(28(2,26)27)18-7-3-6-17(20)16-18/h3,6-7,16H,4-5,8-15H2,1-2H3,(H,21,25). The van der Waals surface area contributed by atoms with Gasteiger partial charge in [-0.2, -0.15) is 0 Å². The Bertz CT molecular complexity index is 736. The summed E-state index contributed by atoms with van der Waals surface area (Å²) in [4.78, 5) is 16.8. The first-order valence-corrected chi connectivity index (χ1v) is 11.9. The van der Waals surface area contributed by atoms with Crippen molar-refractivity contribution in [2.24, 2.45) is 0 Å². The predicted molar refractivity (Wildman–Crippen MR) is 114 cm³/mol. The Hall–Kier alpha value is -1.35. The molecule has 158 valence electrons. The number of carbonyl (C=O) groups excluding carboxylic acids is 1. The van der Waals surface area contributed by atoms with Crippen molar-refractivity contribution in [2.45, 2.75) is 19.3 Å². The summed E-state index contributed by atoms with van der Waals surface area (Å²) in [7, 11) is -1.30. The molecule has 1 aliphatic rings. The van der Waals surface area contributed by atoms with Gasteiger partial charge in [0.1, 0.15) is 0 Å². The van der Waals surface area contributed by atoms with Crippen LogP contribution in [0.5, 0.6) is 0 Å². The van der Waals surface area contributed by atoms with Gasteiger partial charge < -0.3 is 15.1 Å². The van der Waals surface area contributed by atoms with Crippen molar-refractivity contribution in [3.8, 4) is 0 Å². The molecule has 2 rings (SSSR count). The molecule has 0 aliphatic carbocycles. The fraction of sp³-hybridized carbons (Fsp3) is 0.632. The quantitative estimate of drug-likeness (QED) is 0.571. The van der Waals surface area contributed by atoms with Crippen molar-refractivity contribution in [1.82, 2.24) is 15.1 Å². The smallest absolute Gasteiger partial charge is 0.232 e. The number of hydrogen-bond acceptors (Lipinski definition) is 5. The second-order valence-electron chi connectivity index (χ2n) is 7.27. The second kappa shape index (κ2) is 11.0. The minimum absolute atomic E-state index is 0.0436. The van der Waals surface area contributed by atoms with E-state index in [-0.39, 0.29) is 12.5 Å². The van der Waals surface area contributed by atoms with Crippen LogP contribution in [0.2, 0.25) is 5.02 Å². The molecule has 1 amide bonds. The lowest BCUT2D eigenvalue weighted by atomic mass is 10.2. The molecule has 7 nitrogen and oxygen atoms in total. The molecular weight excluding hydrogens is 400 g/mol. The van der Waals surface area contributed by atoms with E-state index >= 15 is 0 Å². The number of nitrogens with zero attached hydrogens (tertiary/aromatic N) is 3. The molecule has 1 fully saturated rings. The first-order chi connectivity index (χ1) is 13.3. The number of anilines is 1. The summed E-state index contributed by atoms with van der Waals surface area (Å²) in [5.74, 6) is -0.0436. The van der Waals surface area contributed by atoms with Crippen molar-refractivity contribution in [1.29, 1.82) is 0 Å². The third-order valence-corrected chi connectivity index (χ3v) is 6.26. The molecule has 0 saturated carbocycles. The Kier molecular flexibility index (Phi) is 9.01. The molecule has 0 spiro atoms. The minimum atomic E-state index is -3.44. The lowest BCUT2D eigenvalue weighted by Crippen LogP contribution is -2.45. The van der Waals surface area contributed by atoms with Crippen LogP contribution in [0.25, 0.3) is 0 Å². The van der Waals surface area contributed by atoms with Crippen LogP contribution in [0.15, 0.2) is 24.3 Å². The van der Waals surface area contributed by atoms with Gasteiger partial charge in [-0.05, 0) is 44.6 Å². The third-order valence-electron chi connectivity index (χ3n) is 4.83. The van der Waals surface area contributed by atoms with Gasteiger partial charge in [0.15, 0.2) is 0 Å². The van der Waals surface area contributed by atoms with Gasteiger partial charge in [-0.15, -0.1) is 0 Å². The molecule has 0 atom stereocenters. The summed E-state index contributed by atoms with van der Waals surface area (Å²) in [6.45, 7) is 6.23. The van der Waals surface area contributed by atoms with E-state index in [1.165, 1.54) is 4.31 Å². The van der Waals surface area contributed by atoms with Crippen LogP contribution < -0.4 is 9.62 Å². The topological polar surface area (TPSA) is 73.0 Å². The van der Waals surface area contributed by atoms with Gasteiger partial charge in [0.2, 0.25) is 15.9 Å². The molecule has 0 aromatic heterocycles. The van der Waals surface area contributed by atoms with Gasteiger partial charge in [0, 0.05) is 50.7 Å². The van der Waals surface area contributed by atoms with E-state index in [0.717, 1.165) is 45.4 Å². The third kappa shape index (κ3) is 7.95. The summed E-state index contributed by atoms with van der Waals surface area (Å²) in [6.07, 6.45) is 2.82. The first-order valence-electron chi connectivity index (χ1n) is 9.66. The van der Waals surface area contributed by atoms with Crippen LogP contribution in [0.3, 0.4) is 0 Å². The Morgan fingerprint density at radius 1 is 1.21 bits per heavy atom. The molecule has 0 unspecified atom stereocenters. The highest BCUT2D eigenvalue weighted by Gasteiger charge is 2.18. The van der Waals surface area contributed by atoms with Gasteiger partial charge in [0.05, 0.1) is 11.9 Å². The van der Waals surface area contributed by atoms with Crippen LogP contribution in [-0.2, 0) is 14.8 Å². The van der Waals surface area contributed by atoms with E-state index < -0.39 is 10.0 Å². The summed E-state index contributed by atoms with van der Waals surface area (Å²) in [5.41, 5.74) is 0.516. The average molecular weight is 431 g/mol. The van der Waals surface area contributed by atoms with Gasteiger partial charge >= 0.3 is 0 Å².